The Bertz CT molecular complexity index is 320. The molecule has 0 radical (unpaired) electrons. The highest BCUT2D eigenvalue weighted by Crippen LogP contribution is 2.27. The third-order valence-electron chi connectivity index (χ3n) is 5.17. The van der Waals surface area contributed by atoms with E-state index >= 15 is 0 Å². The molecule has 0 aromatic rings. The molecule has 4 atom stereocenters. The minimum absolute atomic E-state index is 0.210. The van der Waals surface area contributed by atoms with Crippen molar-refractivity contribution in [3.63, 3.8) is 0 Å². The summed E-state index contributed by atoms with van der Waals surface area (Å²) >= 11 is 0. The SMILES string of the molecule is CCCCCC(C)C(C)S(=O)(=O)C(C)C(C)CCCCC. The van der Waals surface area contributed by atoms with E-state index in [1.165, 1.54) is 25.7 Å². The lowest BCUT2D eigenvalue weighted by Gasteiger charge is -2.27. The quantitative estimate of drug-likeness (QED) is 0.438. The summed E-state index contributed by atoms with van der Waals surface area (Å²) in [7, 11) is -3.01. The fourth-order valence-corrected chi connectivity index (χ4v) is 5.13. The highest BCUT2D eigenvalue weighted by Gasteiger charge is 2.34. The summed E-state index contributed by atoms with van der Waals surface area (Å²) in [6, 6.07) is 0. The molecule has 0 aliphatic rings. The van der Waals surface area contributed by atoms with Crippen LogP contribution in [0.4, 0.5) is 0 Å². The van der Waals surface area contributed by atoms with Crippen molar-refractivity contribution < 1.29 is 8.42 Å². The van der Waals surface area contributed by atoms with Gasteiger partial charge in [-0.25, -0.2) is 8.42 Å². The molecule has 0 fully saturated rings. The van der Waals surface area contributed by atoms with Gasteiger partial charge in [0.05, 0.1) is 10.5 Å². The van der Waals surface area contributed by atoms with E-state index in [1.54, 1.807) is 0 Å². The average Bonchev–Trinajstić information content (AvgIpc) is 2.45. The number of unbranched alkanes of at least 4 members (excludes halogenated alkanes) is 4. The zero-order chi connectivity index (χ0) is 16.5. The van der Waals surface area contributed by atoms with Gasteiger partial charge in [0.15, 0.2) is 9.84 Å². The first-order valence-electron chi connectivity index (χ1n) is 9.01. The van der Waals surface area contributed by atoms with E-state index in [2.05, 4.69) is 27.7 Å². The van der Waals surface area contributed by atoms with Gasteiger partial charge in [0.2, 0.25) is 0 Å². The molecule has 0 rings (SSSR count). The third-order valence-corrected chi connectivity index (χ3v) is 8.17. The Morgan fingerprint density at radius 1 is 0.667 bits per heavy atom. The van der Waals surface area contributed by atoms with Crippen molar-refractivity contribution in [3.8, 4) is 0 Å². The summed E-state index contributed by atoms with van der Waals surface area (Å²) in [5.74, 6) is 0.540. The van der Waals surface area contributed by atoms with Gasteiger partial charge >= 0.3 is 0 Å². The van der Waals surface area contributed by atoms with Crippen LogP contribution in [0.1, 0.15) is 92.9 Å². The molecule has 0 N–H and O–H groups in total. The second-order valence-corrected chi connectivity index (χ2v) is 9.61. The van der Waals surface area contributed by atoms with Crippen LogP contribution in [0.5, 0.6) is 0 Å². The van der Waals surface area contributed by atoms with E-state index in [0.717, 1.165) is 25.7 Å². The third kappa shape index (κ3) is 7.17. The van der Waals surface area contributed by atoms with Gasteiger partial charge in [0.1, 0.15) is 0 Å². The van der Waals surface area contributed by atoms with Crippen LogP contribution < -0.4 is 0 Å². The van der Waals surface area contributed by atoms with E-state index in [1.807, 2.05) is 13.8 Å². The van der Waals surface area contributed by atoms with Crippen molar-refractivity contribution in [2.45, 2.75) is 103 Å². The molecule has 2 nitrogen and oxygen atoms in total. The summed E-state index contributed by atoms with van der Waals surface area (Å²) in [5.41, 5.74) is 0. The van der Waals surface area contributed by atoms with E-state index in [0.29, 0.717) is 0 Å². The first-order valence-corrected chi connectivity index (χ1v) is 10.6. The van der Waals surface area contributed by atoms with Crippen LogP contribution in [-0.4, -0.2) is 18.9 Å². The zero-order valence-corrected chi connectivity index (χ0v) is 16.0. The number of hydrogen-bond acceptors (Lipinski definition) is 2. The van der Waals surface area contributed by atoms with E-state index in [-0.39, 0.29) is 22.3 Å². The van der Waals surface area contributed by atoms with Crippen molar-refractivity contribution >= 4 is 9.84 Å². The van der Waals surface area contributed by atoms with Gasteiger partial charge in [-0.3, -0.25) is 0 Å². The lowest BCUT2D eigenvalue weighted by Crippen LogP contribution is -2.36. The van der Waals surface area contributed by atoms with Crippen LogP contribution in [0, 0.1) is 11.8 Å². The molecule has 0 aromatic heterocycles. The van der Waals surface area contributed by atoms with E-state index in [9.17, 15) is 8.42 Å². The maximum atomic E-state index is 12.8. The summed E-state index contributed by atoms with van der Waals surface area (Å²) < 4.78 is 25.6. The monoisotopic (exact) mass is 318 g/mol. The molecule has 0 saturated heterocycles. The number of sulfone groups is 1. The molecule has 128 valence electrons. The van der Waals surface area contributed by atoms with Gasteiger partial charge in [-0.15, -0.1) is 0 Å². The minimum atomic E-state index is -3.01. The molecule has 0 bridgehead atoms. The van der Waals surface area contributed by atoms with Crippen molar-refractivity contribution in [2.24, 2.45) is 11.8 Å². The van der Waals surface area contributed by atoms with Gasteiger partial charge in [-0.2, -0.15) is 0 Å². The second kappa shape index (κ2) is 10.6. The Kier molecular flexibility index (Phi) is 10.6. The fraction of sp³-hybridized carbons (Fsp3) is 1.00. The molecule has 0 aromatic carbocycles. The van der Waals surface area contributed by atoms with Crippen LogP contribution in [0.15, 0.2) is 0 Å². The van der Waals surface area contributed by atoms with E-state index in [4.69, 9.17) is 0 Å². The van der Waals surface area contributed by atoms with Crippen LogP contribution in [0.25, 0.3) is 0 Å². The second-order valence-electron chi connectivity index (χ2n) is 6.95. The fourth-order valence-electron chi connectivity index (χ4n) is 2.89. The molecule has 0 heterocycles. The predicted molar refractivity (Wildman–Crippen MR) is 94.5 cm³/mol. The molecule has 4 unspecified atom stereocenters. The Balaban J connectivity index is 4.54. The molecule has 0 aliphatic heterocycles. The topological polar surface area (TPSA) is 34.1 Å². The lowest BCUT2D eigenvalue weighted by atomic mass is 10.00. The average molecular weight is 319 g/mol. The van der Waals surface area contributed by atoms with Crippen molar-refractivity contribution in [2.75, 3.05) is 0 Å². The minimum Gasteiger partial charge on any atom is -0.228 e. The van der Waals surface area contributed by atoms with Crippen LogP contribution in [0.2, 0.25) is 0 Å². The molecule has 21 heavy (non-hydrogen) atoms. The van der Waals surface area contributed by atoms with Crippen molar-refractivity contribution in [3.05, 3.63) is 0 Å². The molecular weight excluding hydrogens is 280 g/mol. The predicted octanol–water partition coefficient (Wildman–Crippen LogP) is 5.61. The highest BCUT2D eigenvalue weighted by molar-refractivity contribution is 7.92. The summed E-state index contributed by atoms with van der Waals surface area (Å²) in [6.07, 6.45) is 9.17. The van der Waals surface area contributed by atoms with Gasteiger partial charge in [0.25, 0.3) is 0 Å². The van der Waals surface area contributed by atoms with Gasteiger partial charge < -0.3 is 0 Å². The normalized spacial score (nSPS) is 18.2. The molecular formula is C18H38O2S. The standard InChI is InChI=1S/C18H38O2S/c1-7-9-11-13-15(3)17(5)21(19,20)18(6)16(4)14-12-10-8-2/h15-18H,7-14H2,1-6H3. The van der Waals surface area contributed by atoms with Crippen LogP contribution >= 0.6 is 0 Å². The molecule has 0 saturated carbocycles. The van der Waals surface area contributed by atoms with Crippen molar-refractivity contribution in [1.29, 1.82) is 0 Å². The number of rotatable bonds is 12. The zero-order valence-electron chi connectivity index (χ0n) is 15.2. The van der Waals surface area contributed by atoms with Crippen LogP contribution in [-0.2, 0) is 9.84 Å². The Labute approximate surface area is 134 Å². The highest BCUT2D eigenvalue weighted by atomic mass is 32.2. The Hall–Kier alpha value is -0.0500. The summed E-state index contributed by atoms with van der Waals surface area (Å²) in [4.78, 5) is 0. The summed E-state index contributed by atoms with van der Waals surface area (Å²) in [5, 5.41) is -0.420. The first kappa shape index (κ1) is 20.9. The van der Waals surface area contributed by atoms with E-state index < -0.39 is 9.84 Å². The van der Waals surface area contributed by atoms with Crippen molar-refractivity contribution in [1.82, 2.24) is 0 Å². The summed E-state index contributed by atoms with van der Waals surface area (Å²) in [6.45, 7) is 12.4. The largest absolute Gasteiger partial charge is 0.228 e. The van der Waals surface area contributed by atoms with Gasteiger partial charge in [-0.05, 0) is 38.5 Å². The number of hydrogen-bond donors (Lipinski definition) is 0. The lowest BCUT2D eigenvalue weighted by molar-refractivity contribution is 0.438. The maximum Gasteiger partial charge on any atom is 0.155 e. The molecule has 3 heteroatoms. The molecule has 0 amide bonds. The first-order chi connectivity index (χ1) is 9.78. The molecule has 0 spiro atoms. The van der Waals surface area contributed by atoms with Gasteiger partial charge in [0, 0.05) is 0 Å². The Morgan fingerprint density at radius 2 is 1.00 bits per heavy atom. The van der Waals surface area contributed by atoms with Crippen LogP contribution in [0.3, 0.4) is 0 Å². The Morgan fingerprint density at radius 3 is 1.29 bits per heavy atom. The molecule has 0 aliphatic carbocycles. The van der Waals surface area contributed by atoms with Gasteiger partial charge in [-0.1, -0.05) is 66.2 Å². The smallest absolute Gasteiger partial charge is 0.155 e. The maximum absolute atomic E-state index is 12.8.